The highest BCUT2D eigenvalue weighted by molar-refractivity contribution is 7.15. The van der Waals surface area contributed by atoms with Crippen LogP contribution in [0.5, 0.6) is 0 Å². The summed E-state index contributed by atoms with van der Waals surface area (Å²) in [6, 6.07) is 8.27. The van der Waals surface area contributed by atoms with Gasteiger partial charge in [-0.25, -0.2) is 9.48 Å². The van der Waals surface area contributed by atoms with Crippen LogP contribution in [0.4, 0.5) is 14.5 Å². The van der Waals surface area contributed by atoms with Gasteiger partial charge in [0.15, 0.2) is 0 Å². The minimum Gasteiger partial charge on any atom is -0.327 e. The second kappa shape index (κ2) is 9.17. The van der Waals surface area contributed by atoms with Gasteiger partial charge >= 0.3 is 5.69 Å². The zero-order valence-corrected chi connectivity index (χ0v) is 18.3. The molecule has 3 aromatic rings. The molecule has 0 saturated carbocycles. The van der Waals surface area contributed by atoms with Gasteiger partial charge in [-0.15, -0.1) is 11.3 Å². The molecule has 1 amide bonds. The number of hydrogen-bond donors (Lipinski definition) is 2. The van der Waals surface area contributed by atoms with Gasteiger partial charge < -0.3 is 11.1 Å². The Morgan fingerprint density at radius 3 is 2.81 bits per heavy atom. The highest BCUT2D eigenvalue weighted by Gasteiger charge is 2.18. The monoisotopic (exact) mass is 459 g/mol. The average Bonchev–Trinajstić information content (AvgIpc) is 3.37. The molecular formula is C22H23F2N5O2S. The Morgan fingerprint density at radius 1 is 1.25 bits per heavy atom. The van der Waals surface area contributed by atoms with Crippen LogP contribution in [0.25, 0.3) is 10.4 Å². The number of carbonyl (C=O) groups is 1. The Balaban J connectivity index is 1.46. The summed E-state index contributed by atoms with van der Waals surface area (Å²) in [4.78, 5) is 26.3. The van der Waals surface area contributed by atoms with Crippen molar-refractivity contribution in [1.29, 1.82) is 0 Å². The van der Waals surface area contributed by atoms with Crippen LogP contribution in [0.1, 0.15) is 22.4 Å². The summed E-state index contributed by atoms with van der Waals surface area (Å²) in [5, 5.41) is 6.88. The van der Waals surface area contributed by atoms with Gasteiger partial charge in [0.25, 0.3) is 6.08 Å². The minimum atomic E-state index is -1.88. The molecule has 1 aromatic carbocycles. The summed E-state index contributed by atoms with van der Waals surface area (Å²) in [5.41, 5.74) is 8.76. The van der Waals surface area contributed by atoms with Crippen molar-refractivity contribution >= 4 is 22.9 Å². The molecule has 168 valence electrons. The van der Waals surface area contributed by atoms with Crippen LogP contribution < -0.4 is 16.7 Å². The molecule has 3 heterocycles. The number of carbonyl (C=O) groups excluding carboxylic acids is 1. The molecule has 4 rings (SSSR count). The molecule has 0 unspecified atom stereocenters. The highest BCUT2D eigenvalue weighted by atomic mass is 32.1. The number of nitrogens with one attached hydrogen (secondary N) is 1. The van der Waals surface area contributed by atoms with E-state index in [4.69, 9.17) is 5.73 Å². The standard InChI is InChI=1S/C22H23F2N5O2S/c1-13-8-15(9-14-2-5-19(30)27-20(13)14)18-4-3-17(32-18)6-7-28-12-26-29(22(28)31)11-16(10-25)21(23)24/h3-4,8-9,12H,2,5-7,10-11,25H2,1H3,(H,27,30). The molecule has 3 N–H and O–H groups in total. The number of aryl methyl sites for hydroxylation is 4. The number of halogens is 2. The van der Waals surface area contributed by atoms with Gasteiger partial charge in [0.1, 0.15) is 6.33 Å². The van der Waals surface area contributed by atoms with Gasteiger partial charge in [0.2, 0.25) is 5.91 Å². The number of benzene rings is 1. The van der Waals surface area contributed by atoms with Crippen molar-refractivity contribution < 1.29 is 13.6 Å². The minimum absolute atomic E-state index is 0.0513. The smallest absolute Gasteiger partial charge is 0.327 e. The van der Waals surface area contributed by atoms with E-state index in [1.807, 2.05) is 13.0 Å². The number of amides is 1. The molecule has 1 aliphatic heterocycles. The second-order valence-electron chi connectivity index (χ2n) is 7.72. The first-order chi connectivity index (χ1) is 15.4. The van der Waals surface area contributed by atoms with Gasteiger partial charge in [-0.05, 0) is 60.7 Å². The largest absolute Gasteiger partial charge is 0.346 e. The van der Waals surface area contributed by atoms with E-state index in [-0.39, 0.29) is 24.6 Å². The fourth-order valence-electron chi connectivity index (χ4n) is 3.74. The predicted molar refractivity (Wildman–Crippen MR) is 120 cm³/mol. The van der Waals surface area contributed by atoms with Crippen LogP contribution in [-0.2, 0) is 30.7 Å². The van der Waals surface area contributed by atoms with Crippen molar-refractivity contribution in [2.24, 2.45) is 5.73 Å². The third kappa shape index (κ3) is 4.56. The van der Waals surface area contributed by atoms with E-state index in [0.29, 0.717) is 19.4 Å². The lowest BCUT2D eigenvalue weighted by molar-refractivity contribution is -0.116. The summed E-state index contributed by atoms with van der Waals surface area (Å²) >= 11 is 1.64. The first-order valence-corrected chi connectivity index (χ1v) is 11.0. The fraction of sp³-hybridized carbons (Fsp3) is 0.318. The number of nitrogens with two attached hydrogens (primary N) is 1. The number of rotatable bonds is 7. The van der Waals surface area contributed by atoms with Crippen molar-refractivity contribution in [1.82, 2.24) is 14.3 Å². The zero-order chi connectivity index (χ0) is 22.8. The van der Waals surface area contributed by atoms with Crippen molar-refractivity contribution in [3.63, 3.8) is 0 Å². The van der Waals surface area contributed by atoms with E-state index < -0.39 is 11.8 Å². The molecule has 0 radical (unpaired) electrons. The van der Waals surface area contributed by atoms with Crippen LogP contribution in [0.2, 0.25) is 0 Å². The maximum absolute atomic E-state index is 12.8. The Morgan fingerprint density at radius 2 is 2.06 bits per heavy atom. The van der Waals surface area contributed by atoms with E-state index in [9.17, 15) is 18.4 Å². The quantitative estimate of drug-likeness (QED) is 0.567. The van der Waals surface area contributed by atoms with Gasteiger partial charge in [-0.2, -0.15) is 13.9 Å². The molecule has 0 fully saturated rings. The third-order valence-electron chi connectivity index (χ3n) is 5.50. The van der Waals surface area contributed by atoms with Crippen molar-refractivity contribution in [2.75, 3.05) is 11.9 Å². The number of fused-ring (bicyclic) bond motifs is 1. The maximum atomic E-state index is 12.8. The second-order valence-corrected chi connectivity index (χ2v) is 8.89. The molecule has 32 heavy (non-hydrogen) atoms. The highest BCUT2D eigenvalue weighted by Crippen LogP contribution is 2.35. The van der Waals surface area contributed by atoms with Gasteiger partial charge in [-0.1, -0.05) is 0 Å². The van der Waals surface area contributed by atoms with Gasteiger partial charge in [-0.3, -0.25) is 9.36 Å². The molecule has 2 aromatic heterocycles. The average molecular weight is 460 g/mol. The summed E-state index contributed by atoms with van der Waals surface area (Å²) in [7, 11) is 0. The van der Waals surface area contributed by atoms with E-state index in [1.54, 1.807) is 11.3 Å². The number of anilines is 1. The van der Waals surface area contributed by atoms with Crippen LogP contribution in [0.3, 0.4) is 0 Å². The topological polar surface area (TPSA) is 94.9 Å². The van der Waals surface area contributed by atoms with Gasteiger partial charge in [0.05, 0.1) is 6.54 Å². The van der Waals surface area contributed by atoms with Gasteiger partial charge in [0, 0.05) is 40.5 Å². The number of aromatic nitrogens is 3. The Labute approximate surface area is 187 Å². The van der Waals surface area contributed by atoms with Crippen LogP contribution in [0, 0.1) is 6.92 Å². The molecule has 0 atom stereocenters. The first kappa shape index (κ1) is 22.1. The SMILES string of the molecule is Cc1cc(-c2ccc(CCn3cnn(CC(CN)=C(F)F)c3=O)s2)cc2c1NC(=O)CC2. The molecule has 0 bridgehead atoms. The summed E-state index contributed by atoms with van der Waals surface area (Å²) in [6.45, 7) is 1.75. The molecule has 0 saturated heterocycles. The molecule has 10 heteroatoms. The van der Waals surface area contributed by atoms with E-state index in [2.05, 4.69) is 28.6 Å². The molecule has 1 aliphatic rings. The van der Waals surface area contributed by atoms with Crippen LogP contribution in [0.15, 0.2) is 47.0 Å². The van der Waals surface area contributed by atoms with E-state index in [0.717, 1.165) is 43.2 Å². The lowest BCUT2D eigenvalue weighted by Crippen LogP contribution is -2.27. The number of nitrogens with zero attached hydrogens (tertiary/aromatic N) is 3. The normalized spacial score (nSPS) is 13.1. The molecule has 0 spiro atoms. The summed E-state index contributed by atoms with van der Waals surface area (Å²) < 4.78 is 28.0. The lowest BCUT2D eigenvalue weighted by Gasteiger charge is -2.20. The van der Waals surface area contributed by atoms with Crippen LogP contribution in [-0.4, -0.2) is 26.8 Å². The molecule has 7 nitrogen and oxygen atoms in total. The third-order valence-corrected chi connectivity index (χ3v) is 6.69. The van der Waals surface area contributed by atoms with E-state index in [1.165, 1.54) is 10.9 Å². The maximum Gasteiger partial charge on any atom is 0.346 e. The predicted octanol–water partition coefficient (Wildman–Crippen LogP) is 3.32. The lowest BCUT2D eigenvalue weighted by atomic mass is 9.96. The Kier molecular flexibility index (Phi) is 6.33. The Hall–Kier alpha value is -3.11. The first-order valence-electron chi connectivity index (χ1n) is 10.2. The summed E-state index contributed by atoms with van der Waals surface area (Å²) in [6.07, 6.45) is 1.33. The fourth-order valence-corrected chi connectivity index (χ4v) is 4.73. The molecular weight excluding hydrogens is 436 g/mol. The van der Waals surface area contributed by atoms with Crippen molar-refractivity contribution in [3.05, 3.63) is 68.7 Å². The number of thiophene rings is 1. The summed E-state index contributed by atoms with van der Waals surface area (Å²) in [5.74, 6) is 0.0513. The van der Waals surface area contributed by atoms with Crippen LogP contribution >= 0.6 is 11.3 Å². The van der Waals surface area contributed by atoms with E-state index >= 15 is 0 Å². The zero-order valence-electron chi connectivity index (χ0n) is 17.5. The Bertz CT molecular complexity index is 1250. The van der Waals surface area contributed by atoms with Crippen molar-refractivity contribution in [3.8, 4) is 10.4 Å². The number of hydrogen-bond acceptors (Lipinski definition) is 5. The molecule has 0 aliphatic carbocycles. The van der Waals surface area contributed by atoms with Crippen molar-refractivity contribution in [2.45, 2.75) is 39.3 Å².